The van der Waals surface area contributed by atoms with Gasteiger partial charge in [0.05, 0.1) is 0 Å². The van der Waals surface area contributed by atoms with Crippen LogP contribution < -0.4 is 0 Å². The minimum absolute atomic E-state index is 0.186. The lowest BCUT2D eigenvalue weighted by molar-refractivity contribution is 0.0994. The predicted octanol–water partition coefficient (Wildman–Crippen LogP) is 4.57. The maximum Gasteiger partial charge on any atom is 0.168 e. The molecule has 0 saturated carbocycles. The molecule has 0 aromatic heterocycles. The van der Waals surface area contributed by atoms with Crippen molar-refractivity contribution in [1.29, 1.82) is 0 Å². The fourth-order valence-electron chi connectivity index (χ4n) is 2.62. The van der Waals surface area contributed by atoms with Gasteiger partial charge in [-0.2, -0.15) is 0 Å². The van der Waals surface area contributed by atoms with Crippen LogP contribution in [0.15, 0.2) is 66.7 Å². The zero-order valence-electron chi connectivity index (χ0n) is 11.5. The maximum atomic E-state index is 12.6. The molecule has 98 valence electrons. The molecule has 0 amide bonds. The number of hydrogen-bond donors (Lipinski definition) is 0. The minimum atomic E-state index is 0.186. The maximum absolute atomic E-state index is 12.6. The molecule has 0 aliphatic heterocycles. The molecule has 0 unspecified atom stereocenters. The number of benzene rings is 3. The highest BCUT2D eigenvalue weighted by atomic mass is 16.1. The van der Waals surface area contributed by atoms with Gasteiger partial charge in [0.25, 0.3) is 0 Å². The van der Waals surface area contributed by atoms with E-state index in [0.29, 0.717) is 6.42 Å². The van der Waals surface area contributed by atoms with Gasteiger partial charge in [-0.1, -0.05) is 66.7 Å². The van der Waals surface area contributed by atoms with Crippen LogP contribution in [0, 0.1) is 6.92 Å². The van der Waals surface area contributed by atoms with Crippen molar-refractivity contribution in [3.63, 3.8) is 0 Å². The Morgan fingerprint density at radius 3 is 2.35 bits per heavy atom. The van der Waals surface area contributed by atoms with Crippen molar-refractivity contribution in [3.05, 3.63) is 83.4 Å². The van der Waals surface area contributed by atoms with Gasteiger partial charge in [0.2, 0.25) is 0 Å². The van der Waals surface area contributed by atoms with E-state index in [0.717, 1.165) is 27.5 Å². The average molecular weight is 260 g/mol. The molecule has 3 aromatic carbocycles. The van der Waals surface area contributed by atoms with E-state index in [4.69, 9.17) is 0 Å². The van der Waals surface area contributed by atoms with Crippen LogP contribution in [0.1, 0.15) is 21.5 Å². The van der Waals surface area contributed by atoms with E-state index in [1.807, 2.05) is 67.6 Å². The first-order valence-corrected chi connectivity index (χ1v) is 6.81. The first-order valence-electron chi connectivity index (χ1n) is 6.81. The van der Waals surface area contributed by atoms with Gasteiger partial charge in [-0.15, -0.1) is 0 Å². The monoisotopic (exact) mass is 260 g/mol. The summed E-state index contributed by atoms with van der Waals surface area (Å²) in [5.41, 5.74) is 2.96. The number of Topliss-reactive ketones (excluding diaryl/α,β-unsaturated/α-hetero) is 1. The molecule has 0 spiro atoms. The molecule has 0 bridgehead atoms. The number of rotatable bonds is 3. The van der Waals surface area contributed by atoms with Gasteiger partial charge in [0.15, 0.2) is 5.78 Å². The molecule has 0 atom stereocenters. The van der Waals surface area contributed by atoms with Crippen molar-refractivity contribution >= 4 is 16.6 Å². The number of fused-ring (bicyclic) bond motifs is 1. The third kappa shape index (κ3) is 2.35. The van der Waals surface area contributed by atoms with Crippen molar-refractivity contribution in [2.24, 2.45) is 0 Å². The second kappa shape index (κ2) is 5.30. The van der Waals surface area contributed by atoms with Crippen molar-refractivity contribution in [2.45, 2.75) is 13.3 Å². The van der Waals surface area contributed by atoms with Gasteiger partial charge in [0, 0.05) is 12.0 Å². The summed E-state index contributed by atoms with van der Waals surface area (Å²) in [4.78, 5) is 12.6. The Hall–Kier alpha value is -2.41. The molecule has 0 saturated heterocycles. The molecular formula is C19H16O. The molecule has 0 radical (unpaired) electrons. The Bertz CT molecular complexity index is 757. The van der Waals surface area contributed by atoms with E-state index in [-0.39, 0.29) is 5.78 Å². The van der Waals surface area contributed by atoms with Crippen LogP contribution >= 0.6 is 0 Å². The first kappa shape index (κ1) is 12.6. The minimum Gasteiger partial charge on any atom is -0.294 e. The van der Waals surface area contributed by atoms with Crippen LogP contribution in [-0.2, 0) is 6.42 Å². The third-order valence-corrected chi connectivity index (χ3v) is 3.62. The van der Waals surface area contributed by atoms with Crippen LogP contribution in [-0.4, -0.2) is 5.78 Å². The van der Waals surface area contributed by atoms with Gasteiger partial charge in [0.1, 0.15) is 0 Å². The summed E-state index contributed by atoms with van der Waals surface area (Å²) < 4.78 is 0. The van der Waals surface area contributed by atoms with Crippen LogP contribution in [0.4, 0.5) is 0 Å². The SMILES string of the molecule is Cc1ccc2ccccc2c1C(=O)Cc1ccccc1. The molecule has 1 heteroatoms. The highest BCUT2D eigenvalue weighted by Crippen LogP contribution is 2.23. The van der Waals surface area contributed by atoms with Crippen molar-refractivity contribution in [1.82, 2.24) is 0 Å². The summed E-state index contributed by atoms with van der Waals surface area (Å²) >= 11 is 0. The van der Waals surface area contributed by atoms with E-state index < -0.39 is 0 Å². The Kier molecular flexibility index (Phi) is 3.34. The third-order valence-electron chi connectivity index (χ3n) is 3.62. The van der Waals surface area contributed by atoms with Crippen molar-refractivity contribution < 1.29 is 4.79 Å². The fraction of sp³-hybridized carbons (Fsp3) is 0.105. The molecular weight excluding hydrogens is 244 g/mol. The molecule has 0 fully saturated rings. The molecule has 0 heterocycles. The number of hydrogen-bond acceptors (Lipinski definition) is 1. The van der Waals surface area contributed by atoms with E-state index in [2.05, 4.69) is 6.07 Å². The predicted molar refractivity (Wildman–Crippen MR) is 83.2 cm³/mol. The van der Waals surface area contributed by atoms with Crippen LogP contribution in [0.2, 0.25) is 0 Å². The highest BCUT2D eigenvalue weighted by Gasteiger charge is 2.13. The topological polar surface area (TPSA) is 17.1 Å². The number of carbonyl (C=O) groups excluding carboxylic acids is 1. The molecule has 0 N–H and O–H groups in total. The van der Waals surface area contributed by atoms with Crippen LogP contribution in [0.3, 0.4) is 0 Å². The zero-order valence-corrected chi connectivity index (χ0v) is 11.5. The Morgan fingerprint density at radius 1 is 0.850 bits per heavy atom. The van der Waals surface area contributed by atoms with Crippen LogP contribution in [0.5, 0.6) is 0 Å². The normalized spacial score (nSPS) is 10.7. The molecule has 0 aliphatic carbocycles. The van der Waals surface area contributed by atoms with Gasteiger partial charge in [-0.05, 0) is 28.8 Å². The first-order chi connectivity index (χ1) is 9.75. The number of ketones is 1. The van der Waals surface area contributed by atoms with Gasteiger partial charge >= 0.3 is 0 Å². The zero-order chi connectivity index (χ0) is 13.9. The van der Waals surface area contributed by atoms with Gasteiger partial charge in [-0.3, -0.25) is 4.79 Å². The summed E-state index contributed by atoms with van der Waals surface area (Å²) in [6.45, 7) is 2.00. The van der Waals surface area contributed by atoms with Crippen molar-refractivity contribution in [2.75, 3.05) is 0 Å². The molecule has 3 aromatic rings. The quantitative estimate of drug-likeness (QED) is 0.630. The largest absolute Gasteiger partial charge is 0.294 e. The van der Waals surface area contributed by atoms with Gasteiger partial charge in [-0.25, -0.2) is 0 Å². The van der Waals surface area contributed by atoms with Crippen LogP contribution in [0.25, 0.3) is 10.8 Å². The summed E-state index contributed by atoms with van der Waals surface area (Å²) in [6, 6.07) is 22.1. The number of carbonyl (C=O) groups is 1. The summed E-state index contributed by atoms with van der Waals surface area (Å²) in [5, 5.41) is 2.17. The lowest BCUT2D eigenvalue weighted by Gasteiger charge is -2.09. The smallest absolute Gasteiger partial charge is 0.168 e. The van der Waals surface area contributed by atoms with Gasteiger partial charge < -0.3 is 0 Å². The van der Waals surface area contributed by atoms with E-state index in [9.17, 15) is 4.79 Å². The van der Waals surface area contributed by atoms with E-state index in [1.165, 1.54) is 0 Å². The average Bonchev–Trinajstić information content (AvgIpc) is 2.48. The second-order valence-corrected chi connectivity index (χ2v) is 5.06. The van der Waals surface area contributed by atoms with Crippen molar-refractivity contribution in [3.8, 4) is 0 Å². The molecule has 20 heavy (non-hydrogen) atoms. The lowest BCUT2D eigenvalue weighted by atomic mass is 9.93. The Labute approximate surface area is 118 Å². The lowest BCUT2D eigenvalue weighted by Crippen LogP contribution is -2.06. The Morgan fingerprint density at radius 2 is 1.55 bits per heavy atom. The number of aryl methyl sites for hydroxylation is 1. The standard InChI is InChI=1S/C19H16O/c1-14-11-12-16-9-5-6-10-17(16)19(14)18(20)13-15-7-3-2-4-8-15/h2-12H,13H2,1H3. The Balaban J connectivity index is 2.05. The second-order valence-electron chi connectivity index (χ2n) is 5.06. The summed E-state index contributed by atoms with van der Waals surface area (Å²) in [7, 11) is 0. The molecule has 3 rings (SSSR count). The summed E-state index contributed by atoms with van der Waals surface area (Å²) in [6.07, 6.45) is 0.454. The fourth-order valence-corrected chi connectivity index (χ4v) is 2.62. The highest BCUT2D eigenvalue weighted by molar-refractivity contribution is 6.10. The molecule has 0 aliphatic rings. The van der Waals surface area contributed by atoms with E-state index in [1.54, 1.807) is 0 Å². The van der Waals surface area contributed by atoms with E-state index >= 15 is 0 Å². The molecule has 1 nitrogen and oxygen atoms in total. The summed E-state index contributed by atoms with van der Waals surface area (Å²) in [5.74, 6) is 0.186.